The summed E-state index contributed by atoms with van der Waals surface area (Å²) < 4.78 is 0. The molecule has 0 aromatic rings. The molecule has 1 saturated carbocycles. The van der Waals surface area contributed by atoms with Crippen LogP contribution < -0.4 is 10.6 Å². The van der Waals surface area contributed by atoms with Crippen molar-refractivity contribution in [3.8, 4) is 0 Å². The second-order valence-electron chi connectivity index (χ2n) is 5.34. The molecule has 3 N–H and O–H groups in total. The fraction of sp³-hybridized carbons (Fsp3) is 0.857. The van der Waals surface area contributed by atoms with Crippen molar-refractivity contribution in [2.24, 2.45) is 0 Å². The number of carboxylic acid groups (broad SMARTS) is 1. The fourth-order valence-electron chi connectivity index (χ4n) is 2.47. The molecular formula is C14H26N2O3. The first kappa shape index (κ1) is 15.8. The van der Waals surface area contributed by atoms with Gasteiger partial charge in [0.15, 0.2) is 0 Å². The minimum absolute atomic E-state index is 0.197. The Balaban J connectivity index is 2.36. The van der Waals surface area contributed by atoms with E-state index in [1.165, 1.54) is 12.8 Å². The topological polar surface area (TPSA) is 78.4 Å². The average Bonchev–Trinajstić information content (AvgIpc) is 2.62. The minimum atomic E-state index is -0.954. The zero-order valence-corrected chi connectivity index (χ0v) is 11.8. The maximum absolute atomic E-state index is 11.8. The molecule has 1 aliphatic carbocycles. The number of carbonyl (C=O) groups excluding carboxylic acids is 1. The first-order chi connectivity index (χ1) is 9.13. The number of rotatable bonds is 6. The molecule has 0 bridgehead atoms. The summed E-state index contributed by atoms with van der Waals surface area (Å²) in [6.07, 6.45) is 8.97. The van der Waals surface area contributed by atoms with Gasteiger partial charge in [-0.1, -0.05) is 45.4 Å². The van der Waals surface area contributed by atoms with E-state index < -0.39 is 12.0 Å². The summed E-state index contributed by atoms with van der Waals surface area (Å²) in [4.78, 5) is 22.9. The first-order valence-electron chi connectivity index (χ1n) is 7.43. The van der Waals surface area contributed by atoms with E-state index in [1.54, 1.807) is 0 Å². The molecule has 2 amide bonds. The SMILES string of the molecule is CCCC[C@H](NC(=O)NC1CCCCCC1)C(=O)O. The Morgan fingerprint density at radius 2 is 1.84 bits per heavy atom. The highest BCUT2D eigenvalue weighted by Crippen LogP contribution is 2.17. The van der Waals surface area contributed by atoms with E-state index in [-0.39, 0.29) is 12.1 Å². The Kier molecular flexibility index (Phi) is 7.30. The van der Waals surface area contributed by atoms with E-state index in [2.05, 4.69) is 10.6 Å². The number of urea groups is 1. The summed E-state index contributed by atoms with van der Waals surface area (Å²) in [5, 5.41) is 14.5. The Hall–Kier alpha value is -1.26. The van der Waals surface area contributed by atoms with Gasteiger partial charge < -0.3 is 15.7 Å². The number of carboxylic acids is 1. The van der Waals surface area contributed by atoms with Crippen LogP contribution in [-0.4, -0.2) is 29.2 Å². The highest BCUT2D eigenvalue weighted by Gasteiger charge is 2.21. The van der Waals surface area contributed by atoms with Crippen LogP contribution in [0.5, 0.6) is 0 Å². The average molecular weight is 270 g/mol. The fourth-order valence-corrected chi connectivity index (χ4v) is 2.47. The number of amides is 2. The molecule has 0 aliphatic heterocycles. The summed E-state index contributed by atoms with van der Waals surface area (Å²) in [6.45, 7) is 2.00. The standard InChI is InChI=1S/C14H26N2O3/c1-2-3-10-12(13(17)18)16-14(19)15-11-8-6-4-5-7-9-11/h11-12H,2-10H2,1H3,(H,17,18)(H2,15,16,19)/t12-/m0/s1. The molecule has 0 aromatic carbocycles. The molecule has 0 heterocycles. The van der Waals surface area contributed by atoms with Crippen LogP contribution in [0, 0.1) is 0 Å². The van der Waals surface area contributed by atoms with Crippen molar-refractivity contribution in [1.82, 2.24) is 10.6 Å². The number of unbranched alkanes of at least 4 members (excludes halogenated alkanes) is 1. The molecule has 1 fully saturated rings. The largest absolute Gasteiger partial charge is 0.480 e. The van der Waals surface area contributed by atoms with Gasteiger partial charge in [0.05, 0.1) is 0 Å². The molecule has 0 aromatic heterocycles. The van der Waals surface area contributed by atoms with Gasteiger partial charge >= 0.3 is 12.0 Å². The second-order valence-corrected chi connectivity index (χ2v) is 5.34. The molecule has 0 radical (unpaired) electrons. The van der Waals surface area contributed by atoms with E-state index in [0.29, 0.717) is 6.42 Å². The monoisotopic (exact) mass is 270 g/mol. The van der Waals surface area contributed by atoms with Gasteiger partial charge in [-0.25, -0.2) is 9.59 Å². The summed E-state index contributed by atoms with van der Waals surface area (Å²) >= 11 is 0. The summed E-state index contributed by atoms with van der Waals surface area (Å²) in [5.41, 5.74) is 0. The molecule has 1 atom stereocenters. The minimum Gasteiger partial charge on any atom is -0.480 e. The van der Waals surface area contributed by atoms with Gasteiger partial charge in [-0.15, -0.1) is 0 Å². The van der Waals surface area contributed by atoms with Crippen molar-refractivity contribution < 1.29 is 14.7 Å². The number of carbonyl (C=O) groups is 2. The van der Waals surface area contributed by atoms with Crippen molar-refractivity contribution >= 4 is 12.0 Å². The van der Waals surface area contributed by atoms with Crippen LogP contribution in [0.2, 0.25) is 0 Å². The predicted molar refractivity (Wildman–Crippen MR) is 74.1 cm³/mol. The summed E-state index contributed by atoms with van der Waals surface area (Å²) in [5.74, 6) is -0.954. The lowest BCUT2D eigenvalue weighted by Gasteiger charge is -2.19. The van der Waals surface area contributed by atoms with Crippen molar-refractivity contribution in [1.29, 1.82) is 0 Å². The highest BCUT2D eigenvalue weighted by molar-refractivity contribution is 5.82. The Morgan fingerprint density at radius 1 is 1.21 bits per heavy atom. The molecule has 0 unspecified atom stereocenters. The van der Waals surface area contributed by atoms with Gasteiger partial charge in [-0.3, -0.25) is 0 Å². The van der Waals surface area contributed by atoms with Crippen LogP contribution in [0.15, 0.2) is 0 Å². The van der Waals surface area contributed by atoms with Gasteiger partial charge in [0.25, 0.3) is 0 Å². The predicted octanol–water partition coefficient (Wildman–Crippen LogP) is 2.65. The van der Waals surface area contributed by atoms with Crippen LogP contribution in [0.1, 0.15) is 64.7 Å². The molecular weight excluding hydrogens is 244 g/mol. The molecule has 0 spiro atoms. The molecule has 1 aliphatic rings. The Labute approximate surface area is 115 Å². The normalized spacial score (nSPS) is 18.4. The van der Waals surface area contributed by atoms with Gasteiger partial charge in [0.2, 0.25) is 0 Å². The maximum atomic E-state index is 11.8. The lowest BCUT2D eigenvalue weighted by atomic mass is 10.1. The van der Waals surface area contributed by atoms with E-state index in [1.807, 2.05) is 6.92 Å². The van der Waals surface area contributed by atoms with Crippen LogP contribution in [0.4, 0.5) is 4.79 Å². The maximum Gasteiger partial charge on any atom is 0.326 e. The van der Waals surface area contributed by atoms with Gasteiger partial charge in [0.1, 0.15) is 6.04 Å². The summed E-state index contributed by atoms with van der Waals surface area (Å²) in [7, 11) is 0. The van der Waals surface area contributed by atoms with E-state index in [9.17, 15) is 9.59 Å². The molecule has 1 rings (SSSR count). The quantitative estimate of drug-likeness (QED) is 0.649. The number of nitrogens with one attached hydrogen (secondary N) is 2. The van der Waals surface area contributed by atoms with Gasteiger partial charge in [-0.2, -0.15) is 0 Å². The third-order valence-corrected chi connectivity index (χ3v) is 3.64. The van der Waals surface area contributed by atoms with E-state index >= 15 is 0 Å². The van der Waals surface area contributed by atoms with Crippen molar-refractivity contribution in [2.45, 2.75) is 76.8 Å². The van der Waals surface area contributed by atoms with Gasteiger partial charge in [-0.05, 0) is 19.3 Å². The van der Waals surface area contributed by atoms with Crippen molar-refractivity contribution in [3.05, 3.63) is 0 Å². The first-order valence-corrected chi connectivity index (χ1v) is 7.43. The van der Waals surface area contributed by atoms with Crippen LogP contribution >= 0.6 is 0 Å². The highest BCUT2D eigenvalue weighted by atomic mass is 16.4. The third-order valence-electron chi connectivity index (χ3n) is 3.64. The smallest absolute Gasteiger partial charge is 0.326 e. The molecule has 0 saturated heterocycles. The van der Waals surface area contributed by atoms with Crippen LogP contribution in [-0.2, 0) is 4.79 Å². The van der Waals surface area contributed by atoms with Crippen LogP contribution in [0.25, 0.3) is 0 Å². The molecule has 110 valence electrons. The number of hydrogen-bond acceptors (Lipinski definition) is 2. The van der Waals surface area contributed by atoms with E-state index in [0.717, 1.165) is 38.5 Å². The lowest BCUT2D eigenvalue weighted by molar-refractivity contribution is -0.139. The zero-order valence-electron chi connectivity index (χ0n) is 11.8. The zero-order chi connectivity index (χ0) is 14.1. The Morgan fingerprint density at radius 3 is 2.37 bits per heavy atom. The number of aliphatic carboxylic acids is 1. The second kappa shape index (κ2) is 8.77. The number of hydrogen-bond donors (Lipinski definition) is 3. The van der Waals surface area contributed by atoms with Gasteiger partial charge in [0, 0.05) is 6.04 Å². The third kappa shape index (κ3) is 6.45. The lowest BCUT2D eigenvalue weighted by Crippen LogP contribution is -2.48. The Bertz CT molecular complexity index is 286. The van der Waals surface area contributed by atoms with Crippen molar-refractivity contribution in [3.63, 3.8) is 0 Å². The van der Waals surface area contributed by atoms with Crippen molar-refractivity contribution in [2.75, 3.05) is 0 Å². The van der Waals surface area contributed by atoms with Crippen LogP contribution in [0.3, 0.4) is 0 Å². The molecule has 5 nitrogen and oxygen atoms in total. The molecule has 19 heavy (non-hydrogen) atoms. The summed E-state index contributed by atoms with van der Waals surface area (Å²) in [6, 6.07) is -0.913. The molecule has 5 heteroatoms. The van der Waals surface area contributed by atoms with E-state index in [4.69, 9.17) is 5.11 Å².